The van der Waals surface area contributed by atoms with Crippen LogP contribution in [0.15, 0.2) is 29.1 Å². The number of para-hydroxylation sites is 1. The molecule has 1 aromatic heterocycles. The average molecular weight is 469 g/mol. The number of nitrogens with zero attached hydrogens (tertiary/aromatic N) is 2. The SMILES string of the molecule is O=C(CCCCCn1c(=S)[nH]c2ccccc2c1=O)NCCS(=O)(=O)N1CCOCC1. The van der Waals surface area contributed by atoms with E-state index in [0.29, 0.717) is 62.3 Å². The summed E-state index contributed by atoms with van der Waals surface area (Å²) < 4.78 is 32.9. The van der Waals surface area contributed by atoms with Gasteiger partial charge in [0.05, 0.1) is 29.9 Å². The molecule has 1 aromatic carbocycles. The third-order valence-corrected chi connectivity index (χ3v) is 7.41. The van der Waals surface area contributed by atoms with E-state index < -0.39 is 10.0 Å². The molecule has 0 radical (unpaired) electrons. The van der Waals surface area contributed by atoms with Crippen molar-refractivity contribution < 1.29 is 17.9 Å². The lowest BCUT2D eigenvalue weighted by atomic mass is 10.2. The Morgan fingerprint density at radius 2 is 1.90 bits per heavy atom. The van der Waals surface area contributed by atoms with E-state index in [4.69, 9.17) is 17.0 Å². The van der Waals surface area contributed by atoms with Crippen LogP contribution >= 0.6 is 12.2 Å². The van der Waals surface area contributed by atoms with E-state index in [9.17, 15) is 18.0 Å². The van der Waals surface area contributed by atoms with Gasteiger partial charge in [-0.2, -0.15) is 4.31 Å². The summed E-state index contributed by atoms with van der Waals surface area (Å²) in [7, 11) is -3.37. The quantitative estimate of drug-likeness (QED) is 0.403. The van der Waals surface area contributed by atoms with Crippen molar-refractivity contribution in [3.05, 3.63) is 39.4 Å². The number of rotatable bonds is 10. The smallest absolute Gasteiger partial charge is 0.262 e. The normalized spacial score (nSPS) is 15.2. The highest BCUT2D eigenvalue weighted by Crippen LogP contribution is 2.08. The minimum atomic E-state index is -3.37. The van der Waals surface area contributed by atoms with Crippen molar-refractivity contribution in [3.8, 4) is 0 Å². The molecule has 0 spiro atoms. The molecule has 3 rings (SSSR count). The van der Waals surface area contributed by atoms with Gasteiger partial charge in [-0.15, -0.1) is 0 Å². The zero-order chi connectivity index (χ0) is 22.3. The maximum absolute atomic E-state index is 12.6. The number of sulfonamides is 1. The fourth-order valence-corrected chi connectivity index (χ4v) is 5.10. The molecule has 1 amide bonds. The number of H-pyrrole nitrogens is 1. The van der Waals surface area contributed by atoms with E-state index in [1.165, 1.54) is 4.31 Å². The van der Waals surface area contributed by atoms with Crippen molar-refractivity contribution in [3.63, 3.8) is 0 Å². The van der Waals surface area contributed by atoms with Gasteiger partial charge in [-0.1, -0.05) is 18.6 Å². The van der Waals surface area contributed by atoms with Gasteiger partial charge < -0.3 is 15.0 Å². The number of aromatic amines is 1. The lowest BCUT2D eigenvalue weighted by molar-refractivity contribution is -0.121. The Kier molecular flexibility index (Phi) is 8.35. The van der Waals surface area contributed by atoms with E-state index in [1.807, 2.05) is 18.2 Å². The summed E-state index contributed by atoms with van der Waals surface area (Å²) in [5.41, 5.74) is 0.611. The first-order chi connectivity index (χ1) is 14.9. The molecule has 1 aliphatic heterocycles. The highest BCUT2D eigenvalue weighted by molar-refractivity contribution is 7.89. The number of unbranched alkanes of at least 4 members (excludes halogenated alkanes) is 2. The molecular weight excluding hydrogens is 440 g/mol. The number of hydrogen-bond acceptors (Lipinski definition) is 6. The van der Waals surface area contributed by atoms with Crippen LogP contribution < -0.4 is 10.9 Å². The molecule has 31 heavy (non-hydrogen) atoms. The predicted octanol–water partition coefficient (Wildman–Crippen LogP) is 1.40. The van der Waals surface area contributed by atoms with Gasteiger partial charge in [0.1, 0.15) is 0 Å². The molecule has 0 saturated carbocycles. The van der Waals surface area contributed by atoms with Crippen LogP contribution in [0.25, 0.3) is 10.9 Å². The van der Waals surface area contributed by atoms with E-state index in [2.05, 4.69) is 10.3 Å². The molecule has 9 nitrogen and oxygen atoms in total. The number of morpholine rings is 1. The fraction of sp³-hybridized carbons (Fsp3) is 0.550. The van der Waals surface area contributed by atoms with Crippen LogP contribution in [-0.4, -0.2) is 66.8 Å². The van der Waals surface area contributed by atoms with Crippen LogP contribution in [0.1, 0.15) is 25.7 Å². The van der Waals surface area contributed by atoms with Crippen molar-refractivity contribution in [1.29, 1.82) is 0 Å². The Morgan fingerprint density at radius 1 is 1.16 bits per heavy atom. The van der Waals surface area contributed by atoms with E-state index in [0.717, 1.165) is 11.9 Å². The summed E-state index contributed by atoms with van der Waals surface area (Å²) in [5.74, 6) is -0.279. The molecule has 1 saturated heterocycles. The zero-order valence-electron chi connectivity index (χ0n) is 17.3. The largest absolute Gasteiger partial charge is 0.379 e. The number of fused-ring (bicyclic) bond motifs is 1. The third-order valence-electron chi connectivity index (χ3n) is 5.22. The van der Waals surface area contributed by atoms with Crippen molar-refractivity contribution in [1.82, 2.24) is 19.2 Å². The van der Waals surface area contributed by atoms with Crippen LogP contribution in [0.5, 0.6) is 0 Å². The Morgan fingerprint density at radius 3 is 2.68 bits per heavy atom. The van der Waals surface area contributed by atoms with Gasteiger partial charge in [-0.25, -0.2) is 8.42 Å². The minimum absolute atomic E-state index is 0.0974. The zero-order valence-corrected chi connectivity index (χ0v) is 19.0. The van der Waals surface area contributed by atoms with Gasteiger partial charge in [0.2, 0.25) is 15.9 Å². The number of hydrogen-bond donors (Lipinski definition) is 2. The summed E-state index contributed by atoms with van der Waals surface area (Å²) in [5, 5.41) is 3.27. The van der Waals surface area contributed by atoms with Crippen LogP contribution in [0.4, 0.5) is 0 Å². The number of nitrogens with one attached hydrogen (secondary N) is 2. The fourth-order valence-electron chi connectivity index (χ4n) is 3.50. The monoisotopic (exact) mass is 468 g/mol. The molecule has 170 valence electrons. The summed E-state index contributed by atoms with van der Waals surface area (Å²) >= 11 is 5.30. The number of carbonyl (C=O) groups is 1. The third kappa shape index (κ3) is 6.45. The molecule has 0 unspecified atom stereocenters. The maximum atomic E-state index is 12.6. The molecule has 1 aliphatic rings. The summed E-state index contributed by atoms with van der Waals surface area (Å²) in [6, 6.07) is 7.25. The van der Waals surface area contributed by atoms with E-state index in [1.54, 1.807) is 10.6 Å². The number of ether oxygens (including phenoxy) is 1. The summed E-state index contributed by atoms with van der Waals surface area (Å²) in [6.07, 6.45) is 2.44. The first kappa shape index (κ1) is 23.6. The minimum Gasteiger partial charge on any atom is -0.379 e. The van der Waals surface area contributed by atoms with Crippen LogP contribution in [-0.2, 0) is 26.1 Å². The van der Waals surface area contributed by atoms with Gasteiger partial charge in [0, 0.05) is 32.6 Å². The first-order valence-electron chi connectivity index (χ1n) is 10.4. The van der Waals surface area contributed by atoms with Crippen LogP contribution in [0, 0.1) is 4.77 Å². The average Bonchev–Trinajstić information content (AvgIpc) is 2.76. The Labute approximate surface area is 186 Å². The number of benzene rings is 1. The Hall–Kier alpha value is -2.08. The lowest BCUT2D eigenvalue weighted by Crippen LogP contribution is -2.43. The highest BCUT2D eigenvalue weighted by Gasteiger charge is 2.23. The second-order valence-corrected chi connectivity index (χ2v) is 9.90. The predicted molar refractivity (Wildman–Crippen MR) is 121 cm³/mol. The van der Waals surface area contributed by atoms with Gasteiger partial charge in [-0.3, -0.25) is 14.2 Å². The standard InChI is InChI=1S/C20H28N4O5S2/c25-18(21-9-15-31(27,28)23-11-13-29-14-12-23)8-2-1-5-10-24-19(26)16-6-3-4-7-17(16)22-20(24)30/h3-4,6-7H,1-2,5,8-15H2,(H,21,25)(H,22,30). The van der Waals surface area contributed by atoms with Gasteiger partial charge in [0.15, 0.2) is 4.77 Å². The van der Waals surface area contributed by atoms with Gasteiger partial charge in [-0.05, 0) is 37.2 Å². The highest BCUT2D eigenvalue weighted by atomic mass is 32.2. The van der Waals surface area contributed by atoms with Crippen molar-refractivity contribution in [2.75, 3.05) is 38.6 Å². The lowest BCUT2D eigenvalue weighted by Gasteiger charge is -2.26. The molecule has 1 fully saturated rings. The molecular formula is C20H28N4O5S2. The Bertz CT molecular complexity index is 1120. The van der Waals surface area contributed by atoms with Crippen molar-refractivity contribution >= 4 is 39.1 Å². The molecule has 0 atom stereocenters. The van der Waals surface area contributed by atoms with Crippen molar-refractivity contribution in [2.45, 2.75) is 32.2 Å². The second-order valence-electron chi connectivity index (χ2n) is 7.42. The van der Waals surface area contributed by atoms with E-state index in [-0.39, 0.29) is 23.8 Å². The summed E-state index contributed by atoms with van der Waals surface area (Å²) in [4.78, 5) is 27.6. The van der Waals surface area contributed by atoms with Gasteiger partial charge >= 0.3 is 0 Å². The first-order valence-corrected chi connectivity index (χ1v) is 12.4. The number of amides is 1. The van der Waals surface area contributed by atoms with Crippen LogP contribution in [0.2, 0.25) is 0 Å². The molecule has 0 aliphatic carbocycles. The second kappa shape index (κ2) is 11.0. The van der Waals surface area contributed by atoms with Crippen LogP contribution in [0.3, 0.4) is 0 Å². The van der Waals surface area contributed by atoms with Gasteiger partial charge in [0.25, 0.3) is 5.56 Å². The maximum Gasteiger partial charge on any atom is 0.262 e. The Balaban J connectivity index is 1.36. The summed E-state index contributed by atoms with van der Waals surface area (Å²) in [6.45, 7) is 2.11. The number of aromatic nitrogens is 2. The topological polar surface area (TPSA) is 114 Å². The van der Waals surface area contributed by atoms with Crippen molar-refractivity contribution in [2.24, 2.45) is 0 Å². The molecule has 2 N–H and O–H groups in total. The molecule has 2 aromatic rings. The molecule has 11 heteroatoms. The molecule has 2 heterocycles. The van der Waals surface area contributed by atoms with E-state index >= 15 is 0 Å². The number of carbonyl (C=O) groups excluding carboxylic acids is 1. The molecule has 0 bridgehead atoms.